The predicted octanol–water partition coefficient (Wildman–Crippen LogP) is 5.49. The van der Waals surface area contributed by atoms with Crippen LogP contribution in [0.2, 0.25) is 10.0 Å². The SMILES string of the molecule is CCOc1cc(Cl)cc(OCC)c1N=NC(C(C)=O)C(=O)Nc1cc(OC)cc(OC)c1Cl. The average Bonchev–Trinajstić information content (AvgIpc) is 2.76. The number of anilines is 1. The lowest BCUT2D eigenvalue weighted by atomic mass is 10.2. The number of azo groups is 1. The Morgan fingerprint density at radius 1 is 0.970 bits per heavy atom. The van der Waals surface area contributed by atoms with Crippen molar-refractivity contribution in [3.63, 3.8) is 0 Å². The Balaban J connectivity index is 2.41. The zero-order chi connectivity index (χ0) is 24.5. The van der Waals surface area contributed by atoms with Crippen molar-refractivity contribution in [3.8, 4) is 23.0 Å². The number of rotatable bonds is 11. The first kappa shape index (κ1) is 26.2. The largest absolute Gasteiger partial charge is 0.497 e. The normalized spacial score (nSPS) is 11.7. The molecule has 2 rings (SSSR count). The van der Waals surface area contributed by atoms with Crippen LogP contribution >= 0.6 is 23.2 Å². The van der Waals surface area contributed by atoms with Crippen LogP contribution in [0.4, 0.5) is 11.4 Å². The molecular formula is C22H25Cl2N3O6. The van der Waals surface area contributed by atoms with E-state index in [0.29, 0.717) is 35.5 Å². The summed E-state index contributed by atoms with van der Waals surface area (Å²) in [5.41, 5.74) is 0.402. The van der Waals surface area contributed by atoms with Crippen LogP contribution in [0.3, 0.4) is 0 Å². The van der Waals surface area contributed by atoms with Crippen LogP contribution in [0, 0.1) is 0 Å². The summed E-state index contributed by atoms with van der Waals surface area (Å²) in [4.78, 5) is 25.1. The molecule has 1 N–H and O–H groups in total. The summed E-state index contributed by atoms with van der Waals surface area (Å²) in [7, 11) is 2.88. The van der Waals surface area contributed by atoms with E-state index in [-0.39, 0.29) is 22.1 Å². The molecule has 0 aliphatic rings. The number of amides is 1. The predicted molar refractivity (Wildman–Crippen MR) is 126 cm³/mol. The maximum Gasteiger partial charge on any atom is 0.258 e. The van der Waals surface area contributed by atoms with E-state index in [9.17, 15) is 9.59 Å². The van der Waals surface area contributed by atoms with Crippen molar-refractivity contribution >= 4 is 46.3 Å². The number of Topliss-reactive ketones (excluding diaryl/α,β-unsaturated/α-hetero) is 1. The lowest BCUT2D eigenvalue weighted by Crippen LogP contribution is -2.32. The minimum absolute atomic E-state index is 0.140. The van der Waals surface area contributed by atoms with Crippen molar-refractivity contribution in [1.29, 1.82) is 0 Å². The Morgan fingerprint density at radius 2 is 1.58 bits per heavy atom. The van der Waals surface area contributed by atoms with Crippen molar-refractivity contribution in [2.45, 2.75) is 26.8 Å². The number of nitrogens with zero attached hydrogens (tertiary/aromatic N) is 2. The molecule has 178 valence electrons. The Morgan fingerprint density at radius 3 is 2.06 bits per heavy atom. The number of nitrogens with one attached hydrogen (secondary N) is 1. The van der Waals surface area contributed by atoms with Crippen LogP contribution < -0.4 is 24.3 Å². The summed E-state index contributed by atoms with van der Waals surface area (Å²) in [5, 5.41) is 11.2. The lowest BCUT2D eigenvalue weighted by molar-refractivity contribution is -0.126. The fourth-order valence-corrected chi connectivity index (χ4v) is 3.18. The summed E-state index contributed by atoms with van der Waals surface area (Å²) < 4.78 is 21.5. The monoisotopic (exact) mass is 497 g/mol. The molecule has 9 nitrogen and oxygen atoms in total. The van der Waals surface area contributed by atoms with Gasteiger partial charge in [0.2, 0.25) is 6.04 Å². The van der Waals surface area contributed by atoms with Gasteiger partial charge in [-0.05, 0) is 20.8 Å². The quantitative estimate of drug-likeness (QED) is 0.324. The highest BCUT2D eigenvalue weighted by molar-refractivity contribution is 6.35. The molecule has 11 heteroatoms. The van der Waals surface area contributed by atoms with Gasteiger partial charge in [-0.15, -0.1) is 5.11 Å². The number of hydrogen-bond acceptors (Lipinski definition) is 8. The van der Waals surface area contributed by atoms with Gasteiger partial charge in [-0.25, -0.2) is 0 Å². The van der Waals surface area contributed by atoms with Crippen LogP contribution in [0.5, 0.6) is 23.0 Å². The van der Waals surface area contributed by atoms with Crippen LogP contribution in [0.1, 0.15) is 20.8 Å². The molecule has 0 saturated carbocycles. The average molecular weight is 498 g/mol. The molecule has 2 aromatic carbocycles. The number of carbonyl (C=O) groups is 2. The second-order valence-electron chi connectivity index (χ2n) is 6.53. The Bertz CT molecular complexity index is 1020. The smallest absolute Gasteiger partial charge is 0.258 e. The van der Waals surface area contributed by atoms with Gasteiger partial charge >= 0.3 is 0 Å². The van der Waals surface area contributed by atoms with Crippen LogP contribution in [-0.4, -0.2) is 45.2 Å². The number of methoxy groups -OCH3 is 2. The molecule has 33 heavy (non-hydrogen) atoms. The highest BCUT2D eigenvalue weighted by Gasteiger charge is 2.25. The fourth-order valence-electron chi connectivity index (χ4n) is 2.74. The number of halogens is 2. The molecule has 1 amide bonds. The van der Waals surface area contributed by atoms with Crippen molar-refractivity contribution in [1.82, 2.24) is 0 Å². The van der Waals surface area contributed by atoms with E-state index in [4.69, 9.17) is 42.1 Å². The first-order valence-electron chi connectivity index (χ1n) is 9.98. The zero-order valence-corrected chi connectivity index (χ0v) is 20.4. The number of ether oxygens (including phenoxy) is 4. The van der Waals surface area contributed by atoms with E-state index < -0.39 is 17.7 Å². The number of ketones is 1. The summed E-state index contributed by atoms with van der Waals surface area (Å²) in [6.45, 7) is 5.48. The number of hydrogen-bond donors (Lipinski definition) is 1. The molecule has 1 atom stereocenters. The molecule has 0 spiro atoms. The van der Waals surface area contributed by atoms with Gasteiger partial charge in [0.15, 0.2) is 23.0 Å². The van der Waals surface area contributed by atoms with Crippen molar-refractivity contribution in [2.75, 3.05) is 32.8 Å². The molecule has 0 heterocycles. The van der Waals surface area contributed by atoms with E-state index in [1.165, 1.54) is 27.2 Å². The van der Waals surface area contributed by atoms with Crippen molar-refractivity contribution < 1.29 is 28.5 Å². The van der Waals surface area contributed by atoms with Gasteiger partial charge in [0, 0.05) is 29.3 Å². The van der Waals surface area contributed by atoms with Gasteiger partial charge in [0.05, 0.1) is 33.1 Å². The third-order valence-electron chi connectivity index (χ3n) is 4.24. The van der Waals surface area contributed by atoms with Crippen LogP contribution in [0.15, 0.2) is 34.5 Å². The minimum Gasteiger partial charge on any atom is -0.497 e. The van der Waals surface area contributed by atoms with Crippen LogP contribution in [0.25, 0.3) is 0 Å². The number of benzene rings is 2. The van der Waals surface area contributed by atoms with E-state index >= 15 is 0 Å². The molecule has 1 unspecified atom stereocenters. The number of carbonyl (C=O) groups excluding carboxylic acids is 2. The molecule has 0 bridgehead atoms. The molecular weight excluding hydrogens is 473 g/mol. The van der Waals surface area contributed by atoms with Gasteiger partial charge in [-0.2, -0.15) is 5.11 Å². The first-order chi connectivity index (χ1) is 15.7. The molecule has 0 saturated heterocycles. The molecule has 0 aliphatic carbocycles. The maximum atomic E-state index is 12.9. The first-order valence-corrected chi connectivity index (χ1v) is 10.7. The third-order valence-corrected chi connectivity index (χ3v) is 4.85. The highest BCUT2D eigenvalue weighted by Crippen LogP contribution is 2.41. The van der Waals surface area contributed by atoms with E-state index in [1.54, 1.807) is 32.0 Å². The Labute approximate surface area is 202 Å². The molecule has 0 radical (unpaired) electrons. The molecule has 2 aromatic rings. The van der Waals surface area contributed by atoms with Gasteiger partial charge in [0.25, 0.3) is 5.91 Å². The summed E-state index contributed by atoms with van der Waals surface area (Å²) in [6, 6.07) is 4.69. The van der Waals surface area contributed by atoms with Crippen LogP contribution in [-0.2, 0) is 9.59 Å². The van der Waals surface area contributed by atoms with Crippen molar-refractivity contribution in [3.05, 3.63) is 34.3 Å². The topological polar surface area (TPSA) is 108 Å². The third kappa shape index (κ3) is 6.72. The minimum atomic E-state index is -1.46. The standard InChI is InChI=1S/C22H25Cl2N3O6/c1-6-32-17-8-13(23)9-18(33-7-2)21(17)27-26-20(12(3)28)22(29)25-15-10-14(30-4)11-16(31-5)19(15)24/h8-11,20H,6-7H2,1-5H3,(H,25,29). The zero-order valence-electron chi connectivity index (χ0n) is 18.9. The van der Waals surface area contributed by atoms with Crippen molar-refractivity contribution in [2.24, 2.45) is 10.2 Å². The molecule has 0 aromatic heterocycles. The second-order valence-corrected chi connectivity index (χ2v) is 7.34. The highest BCUT2D eigenvalue weighted by atomic mass is 35.5. The molecule has 0 fully saturated rings. The Hall–Kier alpha value is -3.04. The van der Waals surface area contributed by atoms with Gasteiger partial charge < -0.3 is 24.3 Å². The lowest BCUT2D eigenvalue weighted by Gasteiger charge is -2.15. The second kappa shape index (κ2) is 12.3. The maximum absolute atomic E-state index is 12.9. The van der Waals surface area contributed by atoms with E-state index in [1.807, 2.05) is 0 Å². The van der Waals surface area contributed by atoms with Gasteiger partial charge in [-0.3, -0.25) is 9.59 Å². The van der Waals surface area contributed by atoms with E-state index in [0.717, 1.165) is 0 Å². The summed E-state index contributed by atoms with van der Waals surface area (Å²) >= 11 is 12.4. The fraction of sp³-hybridized carbons (Fsp3) is 0.364. The molecule has 0 aliphatic heterocycles. The Kier molecular flexibility index (Phi) is 9.74. The van der Waals surface area contributed by atoms with E-state index in [2.05, 4.69) is 15.5 Å². The summed E-state index contributed by atoms with van der Waals surface area (Å²) in [6.07, 6.45) is 0. The van der Waals surface area contributed by atoms with Gasteiger partial charge in [0.1, 0.15) is 16.5 Å². The van der Waals surface area contributed by atoms with Gasteiger partial charge in [-0.1, -0.05) is 23.2 Å². The summed E-state index contributed by atoms with van der Waals surface area (Å²) in [5.74, 6) is 0.0223.